The van der Waals surface area contributed by atoms with Gasteiger partial charge in [0.2, 0.25) is 0 Å². The van der Waals surface area contributed by atoms with Gasteiger partial charge >= 0.3 is 0 Å². The number of hydrogen-bond donors (Lipinski definition) is 1. The Hall–Kier alpha value is -3.22. The number of anilines is 1. The Morgan fingerprint density at radius 3 is 2.64 bits per heavy atom. The highest BCUT2D eigenvalue weighted by Gasteiger charge is 2.10. The zero-order valence-electron chi connectivity index (χ0n) is 11.6. The van der Waals surface area contributed by atoms with Crippen molar-refractivity contribution in [1.82, 2.24) is 4.98 Å². The zero-order chi connectivity index (χ0) is 15.7. The summed E-state index contributed by atoms with van der Waals surface area (Å²) in [5, 5.41) is 13.3. The van der Waals surface area contributed by atoms with Crippen molar-refractivity contribution in [2.24, 2.45) is 0 Å². The van der Waals surface area contributed by atoms with Crippen LogP contribution in [0.3, 0.4) is 0 Å². The Bertz CT molecular complexity index is 868. The summed E-state index contributed by atoms with van der Waals surface area (Å²) in [4.78, 5) is 26.4. The molecule has 1 aromatic heterocycles. The van der Waals surface area contributed by atoms with E-state index >= 15 is 0 Å². The number of nitro groups is 1. The van der Waals surface area contributed by atoms with Gasteiger partial charge in [0, 0.05) is 30.3 Å². The molecule has 0 saturated heterocycles. The summed E-state index contributed by atoms with van der Waals surface area (Å²) < 4.78 is 5.36. The third-order valence-corrected chi connectivity index (χ3v) is 3.09. The maximum Gasteiger partial charge on any atom is 0.269 e. The van der Waals surface area contributed by atoms with Crippen molar-refractivity contribution in [2.75, 3.05) is 5.32 Å². The van der Waals surface area contributed by atoms with Gasteiger partial charge in [-0.25, -0.2) is 4.98 Å². The predicted octanol–water partition coefficient (Wildman–Crippen LogP) is 3.30. The molecule has 2 aromatic carbocycles. The molecule has 3 rings (SSSR count). The normalized spacial score (nSPS) is 10.6. The number of nitrogens with one attached hydrogen (secondary N) is 1. The van der Waals surface area contributed by atoms with Gasteiger partial charge in [0.25, 0.3) is 11.6 Å². The fraction of sp³-hybridized carbons (Fsp3) is 0.0667. The SMILES string of the molecule is Cc1nc2cc(NC(=O)c3ccc([N+](=O)[O-])cc3)ccc2o1. The first-order valence-corrected chi connectivity index (χ1v) is 6.46. The van der Waals surface area contributed by atoms with Gasteiger partial charge in [-0.1, -0.05) is 0 Å². The van der Waals surface area contributed by atoms with Gasteiger partial charge in [0.05, 0.1) is 4.92 Å². The number of carbonyl (C=O) groups is 1. The quantitative estimate of drug-likeness (QED) is 0.590. The van der Waals surface area contributed by atoms with Crippen molar-refractivity contribution >= 4 is 28.4 Å². The van der Waals surface area contributed by atoms with Crippen molar-refractivity contribution in [1.29, 1.82) is 0 Å². The van der Waals surface area contributed by atoms with E-state index in [0.717, 1.165) is 0 Å². The van der Waals surface area contributed by atoms with E-state index in [2.05, 4.69) is 10.3 Å². The third kappa shape index (κ3) is 2.64. The van der Waals surface area contributed by atoms with Crippen LogP contribution in [0, 0.1) is 17.0 Å². The number of oxazole rings is 1. The minimum absolute atomic E-state index is 0.0592. The maximum absolute atomic E-state index is 12.1. The average Bonchev–Trinajstić information content (AvgIpc) is 2.86. The van der Waals surface area contributed by atoms with Crippen LogP contribution in [-0.2, 0) is 0 Å². The van der Waals surface area contributed by atoms with Crippen LogP contribution in [-0.4, -0.2) is 15.8 Å². The number of non-ortho nitro benzene ring substituents is 1. The molecule has 0 bridgehead atoms. The zero-order valence-corrected chi connectivity index (χ0v) is 11.6. The molecule has 7 heteroatoms. The van der Waals surface area contributed by atoms with Crippen molar-refractivity contribution in [3.05, 3.63) is 64.0 Å². The van der Waals surface area contributed by atoms with E-state index in [1.165, 1.54) is 24.3 Å². The molecule has 0 radical (unpaired) electrons. The van der Waals surface area contributed by atoms with Crippen molar-refractivity contribution in [3.8, 4) is 0 Å². The molecule has 1 heterocycles. The number of aromatic nitrogens is 1. The number of amides is 1. The largest absolute Gasteiger partial charge is 0.441 e. The lowest BCUT2D eigenvalue weighted by Gasteiger charge is -2.04. The standard InChI is InChI=1S/C15H11N3O4/c1-9-16-13-8-11(4-7-14(13)22-9)17-15(19)10-2-5-12(6-3-10)18(20)21/h2-8H,1H3,(H,17,19). The van der Waals surface area contributed by atoms with Crippen LogP contribution in [0.5, 0.6) is 0 Å². The molecular formula is C15H11N3O4. The average molecular weight is 297 g/mol. The van der Waals surface area contributed by atoms with Crippen LogP contribution in [0.2, 0.25) is 0 Å². The van der Waals surface area contributed by atoms with Gasteiger partial charge in [-0.3, -0.25) is 14.9 Å². The molecule has 1 amide bonds. The van der Waals surface area contributed by atoms with E-state index in [1.54, 1.807) is 25.1 Å². The Balaban J connectivity index is 1.81. The molecule has 0 atom stereocenters. The molecule has 0 aliphatic rings. The first-order valence-electron chi connectivity index (χ1n) is 6.46. The van der Waals surface area contributed by atoms with Gasteiger partial charge in [-0.05, 0) is 30.3 Å². The van der Waals surface area contributed by atoms with Gasteiger partial charge in [-0.2, -0.15) is 0 Å². The van der Waals surface area contributed by atoms with Gasteiger partial charge in [0.15, 0.2) is 11.5 Å². The second-order valence-electron chi connectivity index (χ2n) is 4.67. The first kappa shape index (κ1) is 13.7. The van der Waals surface area contributed by atoms with Crippen LogP contribution in [0.4, 0.5) is 11.4 Å². The number of fused-ring (bicyclic) bond motifs is 1. The van der Waals surface area contributed by atoms with Crippen molar-refractivity contribution < 1.29 is 14.1 Å². The molecule has 0 aliphatic carbocycles. The molecular weight excluding hydrogens is 286 g/mol. The second-order valence-corrected chi connectivity index (χ2v) is 4.67. The number of carbonyl (C=O) groups excluding carboxylic acids is 1. The summed E-state index contributed by atoms with van der Waals surface area (Å²) in [5.74, 6) is 0.198. The number of nitrogens with zero attached hydrogens (tertiary/aromatic N) is 2. The summed E-state index contributed by atoms with van der Waals surface area (Å²) in [6, 6.07) is 10.5. The summed E-state index contributed by atoms with van der Waals surface area (Å²) in [6.07, 6.45) is 0. The summed E-state index contributed by atoms with van der Waals surface area (Å²) in [6.45, 7) is 1.75. The molecule has 0 unspecified atom stereocenters. The highest BCUT2D eigenvalue weighted by Crippen LogP contribution is 2.20. The predicted molar refractivity (Wildman–Crippen MR) is 79.8 cm³/mol. The highest BCUT2D eigenvalue weighted by molar-refractivity contribution is 6.05. The molecule has 22 heavy (non-hydrogen) atoms. The van der Waals surface area contributed by atoms with Crippen LogP contribution < -0.4 is 5.32 Å². The maximum atomic E-state index is 12.1. The lowest BCUT2D eigenvalue weighted by Crippen LogP contribution is -2.11. The fourth-order valence-electron chi connectivity index (χ4n) is 2.06. The van der Waals surface area contributed by atoms with Crippen LogP contribution in [0.25, 0.3) is 11.1 Å². The van der Waals surface area contributed by atoms with Crippen molar-refractivity contribution in [2.45, 2.75) is 6.92 Å². The Morgan fingerprint density at radius 1 is 1.23 bits per heavy atom. The van der Waals surface area contributed by atoms with E-state index in [0.29, 0.717) is 28.2 Å². The second kappa shape index (κ2) is 5.28. The molecule has 110 valence electrons. The smallest absolute Gasteiger partial charge is 0.269 e. The molecule has 0 saturated carbocycles. The minimum atomic E-state index is -0.511. The lowest BCUT2D eigenvalue weighted by molar-refractivity contribution is -0.384. The molecule has 7 nitrogen and oxygen atoms in total. The van der Waals surface area contributed by atoms with Gasteiger partial charge < -0.3 is 9.73 Å². The van der Waals surface area contributed by atoms with E-state index in [4.69, 9.17) is 4.42 Å². The molecule has 0 aliphatic heterocycles. The molecule has 0 spiro atoms. The van der Waals surface area contributed by atoms with Crippen molar-refractivity contribution in [3.63, 3.8) is 0 Å². The number of nitro benzene ring substituents is 1. The fourth-order valence-corrected chi connectivity index (χ4v) is 2.06. The van der Waals surface area contributed by atoms with Crippen LogP contribution in [0.15, 0.2) is 46.9 Å². The summed E-state index contributed by atoms with van der Waals surface area (Å²) in [7, 11) is 0. The monoisotopic (exact) mass is 297 g/mol. The highest BCUT2D eigenvalue weighted by atomic mass is 16.6. The van der Waals surface area contributed by atoms with E-state index in [9.17, 15) is 14.9 Å². The Morgan fingerprint density at radius 2 is 1.95 bits per heavy atom. The third-order valence-electron chi connectivity index (χ3n) is 3.09. The minimum Gasteiger partial charge on any atom is -0.441 e. The Labute approximate surface area is 124 Å². The number of aryl methyl sites for hydroxylation is 1. The molecule has 1 N–H and O–H groups in total. The molecule has 3 aromatic rings. The lowest BCUT2D eigenvalue weighted by atomic mass is 10.2. The topological polar surface area (TPSA) is 98.3 Å². The van der Waals surface area contributed by atoms with E-state index < -0.39 is 4.92 Å². The summed E-state index contributed by atoms with van der Waals surface area (Å²) in [5.41, 5.74) is 2.15. The van der Waals surface area contributed by atoms with E-state index in [1.807, 2.05) is 0 Å². The first-order chi connectivity index (χ1) is 10.5. The van der Waals surface area contributed by atoms with Crippen LogP contribution >= 0.6 is 0 Å². The molecule has 0 fully saturated rings. The van der Waals surface area contributed by atoms with Gasteiger partial charge in [0.1, 0.15) is 5.52 Å². The Kier molecular flexibility index (Phi) is 3.30. The van der Waals surface area contributed by atoms with E-state index in [-0.39, 0.29) is 11.6 Å². The summed E-state index contributed by atoms with van der Waals surface area (Å²) >= 11 is 0. The van der Waals surface area contributed by atoms with Gasteiger partial charge in [-0.15, -0.1) is 0 Å². The number of rotatable bonds is 3. The van der Waals surface area contributed by atoms with Crippen LogP contribution in [0.1, 0.15) is 16.2 Å². The number of benzene rings is 2. The number of hydrogen-bond acceptors (Lipinski definition) is 5.